The van der Waals surface area contributed by atoms with Gasteiger partial charge in [-0.3, -0.25) is 9.78 Å². The number of carbonyl (C=O) groups excluding carboxylic acids is 1. The Bertz CT molecular complexity index is 1610. The highest BCUT2D eigenvalue weighted by atomic mass is 35.5. The van der Waals surface area contributed by atoms with Crippen molar-refractivity contribution in [3.8, 4) is 28.8 Å². The van der Waals surface area contributed by atoms with Gasteiger partial charge < -0.3 is 14.0 Å². The summed E-state index contributed by atoms with van der Waals surface area (Å²) in [5.74, 6) is 1.81. The predicted octanol–water partition coefficient (Wildman–Crippen LogP) is 7.64. The van der Waals surface area contributed by atoms with E-state index in [1.165, 1.54) is 6.20 Å². The maximum Gasteiger partial charge on any atom is 0.298 e. The first-order valence-electron chi connectivity index (χ1n) is 12.3. The third-order valence-electron chi connectivity index (χ3n) is 7.27. The van der Waals surface area contributed by atoms with Crippen LogP contribution < -0.4 is 9.47 Å². The fourth-order valence-electron chi connectivity index (χ4n) is 5.01. The second kappa shape index (κ2) is 10.2. The molecule has 0 bridgehead atoms. The third-order valence-corrected chi connectivity index (χ3v) is 8.23. The van der Waals surface area contributed by atoms with Gasteiger partial charge in [0.15, 0.2) is 0 Å². The van der Waals surface area contributed by atoms with Gasteiger partial charge in [0.1, 0.15) is 29.6 Å². The number of pyridine rings is 1. The molecule has 2 aliphatic carbocycles. The van der Waals surface area contributed by atoms with Gasteiger partial charge >= 0.3 is 0 Å². The number of hydrogen-bond donors (Lipinski definition) is 0. The lowest BCUT2D eigenvalue weighted by Crippen LogP contribution is -2.08. The average molecular weight is 581 g/mol. The Morgan fingerprint density at radius 1 is 1.08 bits per heavy atom. The molecule has 0 saturated heterocycles. The molecule has 2 fully saturated rings. The quantitative estimate of drug-likeness (QED) is 0.188. The molecule has 2 heterocycles. The van der Waals surface area contributed by atoms with E-state index in [0.717, 1.165) is 29.7 Å². The summed E-state index contributed by atoms with van der Waals surface area (Å²) in [4.78, 5) is 14.8. The van der Waals surface area contributed by atoms with E-state index in [1.807, 2.05) is 12.1 Å². The Morgan fingerprint density at radius 2 is 1.87 bits per heavy atom. The van der Waals surface area contributed by atoms with Crippen LogP contribution in [0, 0.1) is 11.3 Å². The molecule has 0 spiro atoms. The van der Waals surface area contributed by atoms with Crippen LogP contribution in [0.3, 0.4) is 0 Å². The standard InChI is InChI=1S/C29H20Cl3N3O4/c30-23-2-1-3-24(31)26(23)27-21(28(39-35-27)16-4-5-16)13-37-18-6-7-20(25(32)9-18)22-10-29(22,14-33)17-8-19(38-15-36)12-34-11-17/h1-3,6-9,11-12,15-16,22H,4-5,10,13H2. The Morgan fingerprint density at radius 3 is 2.56 bits per heavy atom. The van der Waals surface area contributed by atoms with Crippen LogP contribution in [0.5, 0.6) is 11.5 Å². The monoisotopic (exact) mass is 579 g/mol. The van der Waals surface area contributed by atoms with Gasteiger partial charge in [0.2, 0.25) is 0 Å². The van der Waals surface area contributed by atoms with Crippen LogP contribution in [0.25, 0.3) is 11.3 Å². The molecule has 4 aromatic rings. The Labute approximate surface area is 239 Å². The summed E-state index contributed by atoms with van der Waals surface area (Å²) >= 11 is 19.6. The average Bonchev–Trinajstić information content (AvgIpc) is 3.85. The number of halogens is 3. The van der Waals surface area contributed by atoms with Gasteiger partial charge in [-0.15, -0.1) is 0 Å². The van der Waals surface area contributed by atoms with Crippen molar-refractivity contribution in [1.29, 1.82) is 5.26 Å². The lowest BCUT2D eigenvalue weighted by atomic mass is 9.93. The second-order valence-corrected chi connectivity index (χ2v) is 10.9. The zero-order chi connectivity index (χ0) is 27.1. The topological polar surface area (TPSA) is 98.2 Å². The minimum atomic E-state index is -0.800. The number of ether oxygens (including phenoxy) is 2. The molecule has 0 N–H and O–H groups in total. The molecule has 2 aromatic carbocycles. The number of carbonyl (C=O) groups is 1. The highest BCUT2D eigenvalue weighted by Crippen LogP contribution is 2.61. The molecule has 2 unspecified atom stereocenters. The Balaban J connectivity index is 1.24. The third kappa shape index (κ3) is 4.74. The van der Waals surface area contributed by atoms with Crippen molar-refractivity contribution in [2.75, 3.05) is 0 Å². The normalized spacial score (nSPS) is 19.8. The number of hydrogen-bond acceptors (Lipinski definition) is 7. The van der Waals surface area contributed by atoms with Gasteiger partial charge in [-0.2, -0.15) is 5.26 Å². The van der Waals surface area contributed by atoms with Gasteiger partial charge in [0.05, 0.1) is 33.3 Å². The van der Waals surface area contributed by atoms with Gasteiger partial charge in [0, 0.05) is 28.6 Å². The summed E-state index contributed by atoms with van der Waals surface area (Å²) in [6, 6.07) is 14.8. The maximum absolute atomic E-state index is 10.7. The largest absolute Gasteiger partial charge is 0.489 e. The number of aromatic nitrogens is 2. The summed E-state index contributed by atoms with van der Waals surface area (Å²) in [5, 5.41) is 15.8. The van der Waals surface area contributed by atoms with Crippen LogP contribution in [0.1, 0.15) is 53.5 Å². The number of rotatable bonds is 9. The van der Waals surface area contributed by atoms with Gasteiger partial charge in [-0.1, -0.05) is 52.1 Å². The Hall–Kier alpha value is -3.57. The van der Waals surface area contributed by atoms with Crippen molar-refractivity contribution in [2.24, 2.45) is 0 Å². The van der Waals surface area contributed by atoms with E-state index in [-0.39, 0.29) is 18.3 Å². The number of nitriles is 1. The summed E-state index contributed by atoms with van der Waals surface area (Å²) < 4.78 is 16.8. The van der Waals surface area contributed by atoms with E-state index in [1.54, 1.807) is 36.5 Å². The molecule has 10 heteroatoms. The van der Waals surface area contributed by atoms with Crippen LogP contribution in [0.15, 0.2) is 59.4 Å². The van der Waals surface area contributed by atoms with Crippen molar-refractivity contribution in [3.63, 3.8) is 0 Å². The van der Waals surface area contributed by atoms with E-state index in [2.05, 4.69) is 16.2 Å². The second-order valence-electron chi connectivity index (χ2n) is 9.68. The van der Waals surface area contributed by atoms with Gasteiger partial charge in [0.25, 0.3) is 6.47 Å². The lowest BCUT2D eigenvalue weighted by Gasteiger charge is -2.13. The van der Waals surface area contributed by atoms with Crippen molar-refractivity contribution in [1.82, 2.24) is 10.1 Å². The Kier molecular flexibility index (Phi) is 6.72. The molecule has 6 rings (SSSR count). The van der Waals surface area contributed by atoms with Gasteiger partial charge in [-0.25, -0.2) is 0 Å². The molecule has 0 aliphatic heterocycles. The summed E-state index contributed by atoms with van der Waals surface area (Å²) in [6.45, 7) is 0.529. The smallest absolute Gasteiger partial charge is 0.298 e. The first-order valence-corrected chi connectivity index (χ1v) is 13.4. The first kappa shape index (κ1) is 25.7. The highest BCUT2D eigenvalue weighted by molar-refractivity contribution is 6.39. The van der Waals surface area contributed by atoms with Crippen LogP contribution in [0.4, 0.5) is 0 Å². The molecule has 196 valence electrons. The summed E-state index contributed by atoms with van der Waals surface area (Å²) in [7, 11) is 0. The van der Waals surface area contributed by atoms with E-state index in [9.17, 15) is 10.1 Å². The highest BCUT2D eigenvalue weighted by Gasteiger charge is 2.58. The molecule has 0 amide bonds. The van der Waals surface area contributed by atoms with Crippen molar-refractivity contribution < 1.29 is 18.8 Å². The summed E-state index contributed by atoms with van der Waals surface area (Å²) in [6.07, 6.45) is 5.67. The molecule has 2 aliphatic rings. The minimum absolute atomic E-state index is 0.133. The number of benzene rings is 2. The van der Waals surface area contributed by atoms with E-state index in [0.29, 0.717) is 56.4 Å². The van der Waals surface area contributed by atoms with E-state index in [4.69, 9.17) is 48.8 Å². The fraction of sp³-hybridized carbons (Fsp3) is 0.241. The molecule has 39 heavy (non-hydrogen) atoms. The van der Waals surface area contributed by atoms with Crippen LogP contribution >= 0.6 is 34.8 Å². The van der Waals surface area contributed by atoms with Gasteiger partial charge in [-0.05, 0) is 60.7 Å². The molecule has 2 saturated carbocycles. The minimum Gasteiger partial charge on any atom is -0.489 e. The zero-order valence-corrected chi connectivity index (χ0v) is 22.6. The molecular formula is C29H20Cl3N3O4. The molecule has 7 nitrogen and oxygen atoms in total. The maximum atomic E-state index is 10.7. The van der Waals surface area contributed by atoms with Crippen molar-refractivity contribution >= 4 is 41.3 Å². The number of nitrogens with zero attached hydrogens (tertiary/aromatic N) is 3. The molecular weight excluding hydrogens is 561 g/mol. The molecule has 0 radical (unpaired) electrons. The molecule has 2 aromatic heterocycles. The first-order chi connectivity index (χ1) is 18.9. The summed E-state index contributed by atoms with van der Waals surface area (Å²) in [5.41, 5.74) is 2.70. The van der Waals surface area contributed by atoms with E-state index >= 15 is 0 Å². The van der Waals surface area contributed by atoms with Crippen LogP contribution in [-0.4, -0.2) is 16.6 Å². The van der Waals surface area contributed by atoms with Crippen LogP contribution in [0.2, 0.25) is 15.1 Å². The van der Waals surface area contributed by atoms with Crippen LogP contribution in [-0.2, 0) is 16.8 Å². The molecule has 2 atom stereocenters. The fourth-order valence-corrected chi connectivity index (χ4v) is 5.89. The van der Waals surface area contributed by atoms with Crippen molar-refractivity contribution in [3.05, 3.63) is 92.4 Å². The van der Waals surface area contributed by atoms with E-state index < -0.39 is 5.41 Å². The van der Waals surface area contributed by atoms with Crippen molar-refractivity contribution in [2.45, 2.75) is 43.1 Å². The predicted molar refractivity (Wildman–Crippen MR) is 145 cm³/mol. The zero-order valence-electron chi connectivity index (χ0n) is 20.4. The lowest BCUT2D eigenvalue weighted by molar-refractivity contribution is -0.120. The SMILES string of the molecule is N#CC1(c2cncc(OC=O)c2)CC1c1ccc(OCc2c(-c3c(Cl)cccc3Cl)noc2C2CC2)cc1Cl.